The van der Waals surface area contributed by atoms with Crippen LogP contribution in [0.25, 0.3) is 0 Å². The van der Waals surface area contributed by atoms with Crippen molar-refractivity contribution >= 4 is 23.4 Å². The first-order valence-corrected chi connectivity index (χ1v) is 6.03. The molecule has 6 heteroatoms. The molecular weight excluding hydrogens is 256 g/mol. The molecule has 0 bridgehead atoms. The van der Waals surface area contributed by atoms with Crippen molar-refractivity contribution in [2.75, 3.05) is 25.2 Å². The van der Waals surface area contributed by atoms with Crippen LogP contribution in [0.1, 0.15) is 24.2 Å². The van der Waals surface area contributed by atoms with Crippen LogP contribution in [0.2, 0.25) is 5.15 Å². The molecule has 1 atom stereocenters. The smallest absolute Gasteiger partial charge is 0.335 e. The summed E-state index contributed by atoms with van der Waals surface area (Å²) in [4.78, 5) is 17.1. The van der Waals surface area contributed by atoms with Crippen molar-refractivity contribution in [3.8, 4) is 0 Å². The second-order valence-electron chi connectivity index (χ2n) is 3.93. The Bertz CT molecular complexity index is 426. The molecular formula is C12H17ClN2O3. The highest BCUT2D eigenvalue weighted by molar-refractivity contribution is 6.29. The van der Waals surface area contributed by atoms with Crippen LogP contribution >= 0.6 is 11.6 Å². The molecule has 0 spiro atoms. The monoisotopic (exact) mass is 272 g/mol. The number of carbonyl (C=O) groups is 1. The highest BCUT2D eigenvalue weighted by Gasteiger charge is 2.16. The average Bonchev–Trinajstić information content (AvgIpc) is 2.29. The summed E-state index contributed by atoms with van der Waals surface area (Å²) in [5, 5.41) is 9.17. The third-order valence-corrected chi connectivity index (χ3v) is 2.80. The lowest BCUT2D eigenvalue weighted by Gasteiger charge is -2.28. The summed E-state index contributed by atoms with van der Waals surface area (Å²) in [5.41, 5.74) is 0.132. The van der Waals surface area contributed by atoms with Crippen molar-refractivity contribution < 1.29 is 14.6 Å². The molecule has 0 saturated carbocycles. The standard InChI is InChI=1S/C12H17ClN2O3/c1-4-15(8(2)7-18-3)11-6-9(12(16)17)5-10(13)14-11/h5-6,8H,4,7H2,1-3H3,(H,16,17). The van der Waals surface area contributed by atoms with Gasteiger partial charge in [0.25, 0.3) is 0 Å². The Labute approximate surface area is 111 Å². The fraction of sp³-hybridized carbons (Fsp3) is 0.500. The fourth-order valence-electron chi connectivity index (χ4n) is 1.78. The number of nitrogens with zero attached hydrogens (tertiary/aromatic N) is 2. The van der Waals surface area contributed by atoms with E-state index in [9.17, 15) is 4.79 Å². The van der Waals surface area contributed by atoms with Crippen LogP contribution in [0.4, 0.5) is 5.82 Å². The predicted octanol–water partition coefficient (Wildman–Crippen LogP) is 2.29. The van der Waals surface area contributed by atoms with Crippen LogP contribution in [-0.2, 0) is 4.74 Å². The van der Waals surface area contributed by atoms with Gasteiger partial charge in [-0.25, -0.2) is 9.78 Å². The molecule has 5 nitrogen and oxygen atoms in total. The Morgan fingerprint density at radius 3 is 2.78 bits per heavy atom. The van der Waals surface area contributed by atoms with E-state index in [0.29, 0.717) is 19.0 Å². The van der Waals surface area contributed by atoms with Crippen LogP contribution in [0.3, 0.4) is 0 Å². The van der Waals surface area contributed by atoms with Crippen LogP contribution < -0.4 is 4.90 Å². The molecule has 0 saturated heterocycles. The Morgan fingerprint density at radius 2 is 2.28 bits per heavy atom. The van der Waals surface area contributed by atoms with Gasteiger partial charge in [0.05, 0.1) is 18.2 Å². The van der Waals surface area contributed by atoms with E-state index >= 15 is 0 Å². The normalized spacial score (nSPS) is 12.2. The summed E-state index contributed by atoms with van der Waals surface area (Å²) in [7, 11) is 1.62. The molecule has 0 aliphatic rings. The molecule has 1 aromatic rings. The first kappa shape index (κ1) is 14.7. The maximum atomic E-state index is 11.0. The summed E-state index contributed by atoms with van der Waals surface area (Å²) in [5.74, 6) is -0.469. The van der Waals surface area contributed by atoms with Gasteiger partial charge in [-0.2, -0.15) is 0 Å². The average molecular weight is 273 g/mol. The molecule has 1 heterocycles. The van der Waals surface area contributed by atoms with Gasteiger partial charge in [0.1, 0.15) is 11.0 Å². The zero-order valence-corrected chi connectivity index (χ0v) is 11.4. The van der Waals surface area contributed by atoms with E-state index in [1.807, 2.05) is 18.7 Å². The third kappa shape index (κ3) is 3.58. The van der Waals surface area contributed by atoms with Gasteiger partial charge in [0.2, 0.25) is 0 Å². The van der Waals surface area contributed by atoms with E-state index in [1.165, 1.54) is 12.1 Å². The molecule has 1 aromatic heterocycles. The lowest BCUT2D eigenvalue weighted by atomic mass is 10.2. The predicted molar refractivity (Wildman–Crippen MR) is 70.6 cm³/mol. The van der Waals surface area contributed by atoms with Gasteiger partial charge >= 0.3 is 5.97 Å². The maximum absolute atomic E-state index is 11.0. The Kier molecular flexibility index (Phi) is 5.37. The summed E-state index contributed by atoms with van der Waals surface area (Å²) in [6.07, 6.45) is 0. The molecule has 0 fully saturated rings. The maximum Gasteiger partial charge on any atom is 0.335 e. The molecule has 1 N–H and O–H groups in total. The Balaban J connectivity index is 3.09. The number of carboxylic acid groups (broad SMARTS) is 1. The number of aromatic carboxylic acids is 1. The highest BCUT2D eigenvalue weighted by atomic mass is 35.5. The number of anilines is 1. The minimum Gasteiger partial charge on any atom is -0.478 e. The number of hydrogen-bond donors (Lipinski definition) is 1. The molecule has 1 unspecified atom stereocenters. The van der Waals surface area contributed by atoms with Gasteiger partial charge < -0.3 is 14.7 Å². The second-order valence-corrected chi connectivity index (χ2v) is 4.32. The first-order chi connectivity index (χ1) is 8.49. The quantitative estimate of drug-likeness (QED) is 0.805. The van der Waals surface area contributed by atoms with E-state index in [0.717, 1.165) is 0 Å². The third-order valence-electron chi connectivity index (χ3n) is 2.60. The van der Waals surface area contributed by atoms with Gasteiger partial charge in [-0.05, 0) is 26.0 Å². The summed E-state index contributed by atoms with van der Waals surface area (Å²) >= 11 is 5.84. The lowest BCUT2D eigenvalue weighted by molar-refractivity contribution is 0.0696. The van der Waals surface area contributed by atoms with Crippen molar-refractivity contribution in [1.29, 1.82) is 0 Å². The minimum absolute atomic E-state index is 0.0904. The van der Waals surface area contributed by atoms with Crippen molar-refractivity contribution in [3.05, 3.63) is 22.8 Å². The number of hydrogen-bond acceptors (Lipinski definition) is 4. The largest absolute Gasteiger partial charge is 0.478 e. The molecule has 18 heavy (non-hydrogen) atoms. The van der Waals surface area contributed by atoms with Crippen molar-refractivity contribution in [2.45, 2.75) is 19.9 Å². The van der Waals surface area contributed by atoms with Gasteiger partial charge in [-0.15, -0.1) is 0 Å². The molecule has 0 radical (unpaired) electrons. The van der Waals surface area contributed by atoms with Crippen LogP contribution in [0, 0.1) is 0 Å². The second kappa shape index (κ2) is 6.56. The van der Waals surface area contributed by atoms with E-state index < -0.39 is 5.97 Å². The van der Waals surface area contributed by atoms with Crippen LogP contribution in [0.15, 0.2) is 12.1 Å². The number of carboxylic acids is 1. The van der Waals surface area contributed by atoms with E-state index in [2.05, 4.69) is 4.98 Å². The SMILES string of the molecule is CCN(c1cc(C(=O)O)cc(Cl)n1)C(C)COC. The van der Waals surface area contributed by atoms with Crippen molar-refractivity contribution in [2.24, 2.45) is 0 Å². The van der Waals surface area contributed by atoms with Crippen molar-refractivity contribution in [3.63, 3.8) is 0 Å². The van der Waals surface area contributed by atoms with E-state index in [4.69, 9.17) is 21.4 Å². The van der Waals surface area contributed by atoms with E-state index in [-0.39, 0.29) is 16.8 Å². The number of likely N-dealkylation sites (N-methyl/N-ethyl adjacent to an activating group) is 1. The Hall–Kier alpha value is -1.33. The fourth-order valence-corrected chi connectivity index (χ4v) is 1.99. The summed E-state index contributed by atoms with van der Waals surface area (Å²) in [6.45, 7) is 5.17. The minimum atomic E-state index is -1.02. The number of halogens is 1. The molecule has 100 valence electrons. The first-order valence-electron chi connectivity index (χ1n) is 5.66. The zero-order valence-electron chi connectivity index (χ0n) is 10.7. The highest BCUT2D eigenvalue weighted by Crippen LogP contribution is 2.20. The number of methoxy groups -OCH3 is 1. The number of pyridine rings is 1. The van der Waals surface area contributed by atoms with Crippen LogP contribution in [0.5, 0.6) is 0 Å². The summed E-state index contributed by atoms with van der Waals surface area (Å²) < 4.78 is 5.10. The van der Waals surface area contributed by atoms with Crippen molar-refractivity contribution in [1.82, 2.24) is 4.98 Å². The molecule has 0 aliphatic carbocycles. The Morgan fingerprint density at radius 1 is 1.61 bits per heavy atom. The van der Waals surface area contributed by atoms with Gasteiger partial charge in [-0.1, -0.05) is 11.6 Å². The molecule has 0 amide bonds. The number of rotatable bonds is 6. The topological polar surface area (TPSA) is 62.7 Å². The summed E-state index contributed by atoms with van der Waals surface area (Å²) in [6, 6.07) is 2.94. The van der Waals surface area contributed by atoms with Gasteiger partial charge in [-0.3, -0.25) is 0 Å². The van der Waals surface area contributed by atoms with Crippen LogP contribution in [-0.4, -0.2) is 42.4 Å². The zero-order chi connectivity index (χ0) is 13.7. The number of aromatic nitrogens is 1. The number of ether oxygens (including phenoxy) is 1. The van der Waals surface area contributed by atoms with E-state index in [1.54, 1.807) is 7.11 Å². The van der Waals surface area contributed by atoms with Gasteiger partial charge in [0.15, 0.2) is 0 Å². The lowest BCUT2D eigenvalue weighted by Crippen LogP contribution is -2.36. The molecule has 0 aliphatic heterocycles. The molecule has 1 rings (SSSR count). The molecule has 0 aromatic carbocycles. The van der Waals surface area contributed by atoms with Gasteiger partial charge in [0, 0.05) is 13.7 Å².